The normalized spacial score (nSPS) is 13.0. The van der Waals surface area contributed by atoms with E-state index in [1.165, 1.54) is 0 Å². The van der Waals surface area contributed by atoms with E-state index in [1.54, 1.807) is 12.1 Å². The first-order chi connectivity index (χ1) is 12.9. The zero-order valence-electron chi connectivity index (χ0n) is 16.0. The second kappa shape index (κ2) is 9.76. The van der Waals surface area contributed by atoms with Gasteiger partial charge in [0.15, 0.2) is 6.61 Å². The molecule has 0 aliphatic heterocycles. The highest BCUT2D eigenvalue weighted by Crippen LogP contribution is 2.21. The lowest BCUT2D eigenvalue weighted by Crippen LogP contribution is -2.36. The summed E-state index contributed by atoms with van der Waals surface area (Å²) in [6.45, 7) is 5.69. The lowest BCUT2D eigenvalue weighted by atomic mass is 9.88. The molecule has 0 bridgehead atoms. The number of amides is 1. The van der Waals surface area contributed by atoms with Gasteiger partial charge in [-0.25, -0.2) is 4.79 Å². The molecule has 0 radical (unpaired) electrons. The quantitative estimate of drug-likeness (QED) is 0.704. The Hall–Kier alpha value is -2.82. The van der Waals surface area contributed by atoms with Gasteiger partial charge in [0.1, 0.15) is 5.75 Å². The van der Waals surface area contributed by atoms with Gasteiger partial charge in [0.05, 0.1) is 6.04 Å². The molecule has 1 amide bonds. The summed E-state index contributed by atoms with van der Waals surface area (Å²) in [5, 5.41) is 11.7. The zero-order chi connectivity index (χ0) is 19.8. The summed E-state index contributed by atoms with van der Waals surface area (Å²) >= 11 is 0. The summed E-state index contributed by atoms with van der Waals surface area (Å²) in [6.07, 6.45) is 0.707. The molecule has 0 saturated carbocycles. The minimum atomic E-state index is -1.02. The van der Waals surface area contributed by atoms with Gasteiger partial charge in [-0.05, 0) is 42.5 Å². The smallest absolute Gasteiger partial charge is 0.341 e. The Balaban J connectivity index is 1.98. The molecule has 0 spiro atoms. The average Bonchev–Trinajstić information content (AvgIpc) is 2.65. The summed E-state index contributed by atoms with van der Waals surface area (Å²) in [7, 11) is 0. The Kier molecular flexibility index (Phi) is 7.41. The van der Waals surface area contributed by atoms with Crippen LogP contribution in [0.1, 0.15) is 37.9 Å². The third-order valence-corrected chi connectivity index (χ3v) is 4.54. The minimum Gasteiger partial charge on any atom is -0.482 e. The Labute approximate surface area is 160 Å². The fourth-order valence-corrected chi connectivity index (χ4v) is 2.90. The van der Waals surface area contributed by atoms with Gasteiger partial charge < -0.3 is 15.2 Å². The van der Waals surface area contributed by atoms with Crippen molar-refractivity contribution in [1.82, 2.24) is 5.32 Å². The molecule has 144 valence electrons. The van der Waals surface area contributed by atoms with Crippen LogP contribution in [0.15, 0.2) is 54.6 Å². The van der Waals surface area contributed by atoms with E-state index < -0.39 is 5.97 Å². The van der Waals surface area contributed by atoms with E-state index in [0.29, 0.717) is 12.2 Å². The molecule has 2 rings (SSSR count). The van der Waals surface area contributed by atoms with Crippen molar-refractivity contribution < 1.29 is 19.4 Å². The van der Waals surface area contributed by atoms with E-state index >= 15 is 0 Å². The second-order valence-corrected chi connectivity index (χ2v) is 7.02. The van der Waals surface area contributed by atoms with Crippen molar-refractivity contribution in [3.05, 3.63) is 65.7 Å². The molecule has 0 fully saturated rings. The second-order valence-electron chi connectivity index (χ2n) is 7.02. The fourth-order valence-electron chi connectivity index (χ4n) is 2.90. The molecule has 0 aliphatic rings. The number of benzene rings is 2. The van der Waals surface area contributed by atoms with Crippen molar-refractivity contribution in [1.29, 1.82) is 0 Å². The van der Waals surface area contributed by atoms with Crippen molar-refractivity contribution in [3.8, 4) is 5.75 Å². The molecule has 2 aromatic carbocycles. The highest BCUT2D eigenvalue weighted by molar-refractivity contribution is 5.79. The summed E-state index contributed by atoms with van der Waals surface area (Å²) in [6, 6.07) is 17.0. The van der Waals surface area contributed by atoms with Gasteiger partial charge in [-0.15, -0.1) is 0 Å². The topological polar surface area (TPSA) is 75.6 Å². The summed E-state index contributed by atoms with van der Waals surface area (Å²) < 4.78 is 5.13. The van der Waals surface area contributed by atoms with Crippen LogP contribution in [-0.2, 0) is 16.0 Å². The maximum Gasteiger partial charge on any atom is 0.341 e. The first-order valence-electron chi connectivity index (χ1n) is 9.15. The van der Waals surface area contributed by atoms with Gasteiger partial charge >= 0.3 is 5.97 Å². The lowest BCUT2D eigenvalue weighted by Gasteiger charge is -2.23. The number of hydrogen-bond acceptors (Lipinski definition) is 3. The predicted octanol–water partition coefficient (Wildman–Crippen LogP) is 3.84. The molecule has 0 saturated heterocycles. The van der Waals surface area contributed by atoms with Gasteiger partial charge in [0.2, 0.25) is 5.91 Å². The van der Waals surface area contributed by atoms with Crippen LogP contribution in [0.2, 0.25) is 0 Å². The molecule has 2 unspecified atom stereocenters. The molecule has 2 aromatic rings. The Morgan fingerprint density at radius 3 is 2.19 bits per heavy atom. The largest absolute Gasteiger partial charge is 0.482 e. The number of aliphatic carboxylic acids is 1. The molecular weight excluding hydrogens is 342 g/mol. The summed E-state index contributed by atoms with van der Waals surface area (Å²) in [5.41, 5.74) is 2.09. The molecule has 0 aromatic heterocycles. The van der Waals surface area contributed by atoms with Crippen LogP contribution in [0, 0.1) is 11.8 Å². The first kappa shape index (κ1) is 20.5. The first-order valence-corrected chi connectivity index (χ1v) is 9.15. The van der Waals surface area contributed by atoms with Gasteiger partial charge in [-0.1, -0.05) is 56.3 Å². The SMILES string of the molecule is CC(NC(=O)C(Cc1ccccc1)C(C)C)c1ccc(OCC(=O)O)cc1. The average molecular weight is 369 g/mol. The highest BCUT2D eigenvalue weighted by atomic mass is 16.5. The number of carbonyl (C=O) groups is 2. The van der Waals surface area contributed by atoms with Crippen LogP contribution in [0.25, 0.3) is 0 Å². The number of hydrogen-bond donors (Lipinski definition) is 2. The van der Waals surface area contributed by atoms with Crippen LogP contribution in [0.4, 0.5) is 0 Å². The zero-order valence-corrected chi connectivity index (χ0v) is 16.0. The van der Waals surface area contributed by atoms with Crippen molar-refractivity contribution >= 4 is 11.9 Å². The van der Waals surface area contributed by atoms with Crippen molar-refractivity contribution in [3.63, 3.8) is 0 Å². The van der Waals surface area contributed by atoms with E-state index in [9.17, 15) is 9.59 Å². The predicted molar refractivity (Wildman–Crippen MR) is 105 cm³/mol. The Morgan fingerprint density at radius 2 is 1.63 bits per heavy atom. The summed E-state index contributed by atoms with van der Waals surface area (Å²) in [5.74, 6) is -0.369. The van der Waals surface area contributed by atoms with Crippen LogP contribution >= 0.6 is 0 Å². The fraction of sp³-hybridized carbons (Fsp3) is 0.364. The number of ether oxygens (including phenoxy) is 1. The molecule has 2 N–H and O–H groups in total. The van der Waals surface area contributed by atoms with Gasteiger partial charge in [0, 0.05) is 5.92 Å². The maximum absolute atomic E-state index is 12.8. The highest BCUT2D eigenvalue weighted by Gasteiger charge is 2.24. The van der Waals surface area contributed by atoms with Crippen molar-refractivity contribution in [2.45, 2.75) is 33.2 Å². The minimum absolute atomic E-state index is 0.0348. The molecule has 0 aliphatic carbocycles. The standard InChI is InChI=1S/C22H27NO4/c1-15(2)20(13-17-7-5-4-6-8-17)22(26)23-16(3)18-9-11-19(12-10-18)27-14-21(24)25/h4-12,15-16,20H,13-14H2,1-3H3,(H,23,26)(H,24,25). The van der Waals surface area contributed by atoms with Gasteiger partial charge in [-0.3, -0.25) is 4.79 Å². The lowest BCUT2D eigenvalue weighted by molar-refractivity contribution is -0.139. The van der Waals surface area contributed by atoms with E-state index in [0.717, 1.165) is 11.1 Å². The number of rotatable bonds is 9. The molecule has 5 heteroatoms. The van der Waals surface area contributed by atoms with E-state index in [1.807, 2.05) is 49.4 Å². The molecule has 27 heavy (non-hydrogen) atoms. The third kappa shape index (κ3) is 6.44. The number of nitrogens with one attached hydrogen (secondary N) is 1. The Morgan fingerprint density at radius 1 is 1.00 bits per heavy atom. The number of carboxylic acids is 1. The van der Waals surface area contributed by atoms with Crippen molar-refractivity contribution in [2.75, 3.05) is 6.61 Å². The van der Waals surface area contributed by atoms with Crippen molar-refractivity contribution in [2.24, 2.45) is 11.8 Å². The van der Waals surface area contributed by atoms with E-state index in [2.05, 4.69) is 19.2 Å². The molecule has 5 nitrogen and oxygen atoms in total. The number of carbonyl (C=O) groups excluding carboxylic acids is 1. The van der Waals surface area contributed by atoms with E-state index in [-0.39, 0.29) is 30.4 Å². The maximum atomic E-state index is 12.8. The van der Waals surface area contributed by atoms with Crippen LogP contribution in [0.5, 0.6) is 5.75 Å². The monoisotopic (exact) mass is 369 g/mol. The van der Waals surface area contributed by atoms with Crippen LogP contribution in [-0.4, -0.2) is 23.6 Å². The van der Waals surface area contributed by atoms with Crippen LogP contribution < -0.4 is 10.1 Å². The van der Waals surface area contributed by atoms with E-state index in [4.69, 9.17) is 9.84 Å². The molecule has 0 heterocycles. The third-order valence-electron chi connectivity index (χ3n) is 4.54. The van der Waals surface area contributed by atoms with Gasteiger partial charge in [-0.2, -0.15) is 0 Å². The van der Waals surface area contributed by atoms with Gasteiger partial charge in [0.25, 0.3) is 0 Å². The Bertz CT molecular complexity index is 741. The summed E-state index contributed by atoms with van der Waals surface area (Å²) in [4.78, 5) is 23.4. The molecule has 2 atom stereocenters. The molecular formula is C22H27NO4. The van der Waals surface area contributed by atoms with Crippen LogP contribution in [0.3, 0.4) is 0 Å². The number of carboxylic acid groups (broad SMARTS) is 1.